The molecule has 0 saturated carbocycles. The summed E-state index contributed by atoms with van der Waals surface area (Å²) in [7, 11) is 0. The minimum absolute atomic E-state index is 0.325. The second kappa shape index (κ2) is 5.09. The average Bonchev–Trinajstić information content (AvgIpc) is 2.35. The molecule has 0 aromatic heterocycles. The second-order valence-electron chi connectivity index (χ2n) is 3.19. The summed E-state index contributed by atoms with van der Waals surface area (Å²) in [6.07, 6.45) is 0. The van der Waals surface area contributed by atoms with Gasteiger partial charge in [-0.25, -0.2) is 0 Å². The maximum Gasteiger partial charge on any atom is 0.147 e. The van der Waals surface area contributed by atoms with Crippen molar-refractivity contribution in [2.45, 2.75) is 0 Å². The zero-order valence-electron chi connectivity index (χ0n) is 8.58. The van der Waals surface area contributed by atoms with Crippen LogP contribution in [0, 0.1) is 17.4 Å². The topological polar surface area (TPSA) is 33.0 Å². The van der Waals surface area contributed by atoms with Crippen LogP contribution in [0.2, 0.25) is 10.0 Å². The summed E-state index contributed by atoms with van der Waals surface area (Å²) in [5, 5.41) is 9.64. The Balaban J connectivity index is 2.39. The molecule has 0 bridgehead atoms. The van der Waals surface area contributed by atoms with E-state index in [1.165, 1.54) is 0 Å². The average molecular weight is 263 g/mol. The Morgan fingerprint density at radius 2 is 2.00 bits per heavy atom. The molecule has 17 heavy (non-hydrogen) atoms. The summed E-state index contributed by atoms with van der Waals surface area (Å²) in [6, 6.07) is 14.8. The molecule has 0 spiro atoms. The summed E-state index contributed by atoms with van der Waals surface area (Å²) in [4.78, 5) is 0. The van der Waals surface area contributed by atoms with Gasteiger partial charge in [-0.2, -0.15) is 5.26 Å². The molecule has 0 aliphatic heterocycles. The summed E-state index contributed by atoms with van der Waals surface area (Å²) in [6.45, 7) is 0. The highest BCUT2D eigenvalue weighted by molar-refractivity contribution is 6.42. The van der Waals surface area contributed by atoms with Crippen molar-refractivity contribution in [1.29, 1.82) is 5.26 Å². The van der Waals surface area contributed by atoms with Crippen molar-refractivity contribution in [3.05, 3.63) is 58.1 Å². The maximum atomic E-state index is 8.91. The molecule has 2 aromatic rings. The molecule has 2 nitrogen and oxygen atoms in total. The number of halogens is 2. The smallest absolute Gasteiger partial charge is 0.147 e. The summed E-state index contributed by atoms with van der Waals surface area (Å²) in [5.41, 5.74) is 0.392. The van der Waals surface area contributed by atoms with E-state index in [0.29, 0.717) is 27.1 Å². The molecule has 0 unspecified atom stereocenters. The van der Waals surface area contributed by atoms with Crippen molar-refractivity contribution in [1.82, 2.24) is 0 Å². The molecule has 2 aromatic carbocycles. The van der Waals surface area contributed by atoms with E-state index in [4.69, 9.17) is 33.2 Å². The highest BCUT2D eigenvalue weighted by Crippen LogP contribution is 2.35. The molecule has 0 amide bonds. The first-order valence-electron chi connectivity index (χ1n) is 4.74. The minimum atomic E-state index is 0.325. The molecule has 0 N–H and O–H groups in total. The Kier molecular flexibility index (Phi) is 3.53. The highest BCUT2D eigenvalue weighted by Gasteiger charge is 2.08. The van der Waals surface area contributed by atoms with E-state index < -0.39 is 0 Å². The lowest BCUT2D eigenvalue weighted by Gasteiger charge is -2.09. The van der Waals surface area contributed by atoms with Gasteiger partial charge in [-0.15, -0.1) is 0 Å². The highest BCUT2D eigenvalue weighted by atomic mass is 35.5. The zero-order valence-corrected chi connectivity index (χ0v) is 10.1. The summed E-state index contributed by atoms with van der Waals surface area (Å²) in [5.74, 6) is 0.845. The Labute approximate surface area is 109 Å². The van der Waals surface area contributed by atoms with Gasteiger partial charge in [-0.3, -0.25) is 0 Å². The van der Waals surface area contributed by atoms with Crippen molar-refractivity contribution in [2.24, 2.45) is 0 Å². The number of hydrogen-bond donors (Lipinski definition) is 0. The van der Waals surface area contributed by atoms with E-state index in [2.05, 4.69) is 6.07 Å². The lowest BCUT2D eigenvalue weighted by atomic mass is 10.2. The fourth-order valence-electron chi connectivity index (χ4n) is 1.27. The minimum Gasteiger partial charge on any atom is -0.454 e. The number of benzene rings is 2. The standard InChI is InChI=1S/C13H6Cl2NO/c14-10-5-3-7-12(13(10)15)17-11-6-2-1-4-9(11)8-16/h2-7H. The first-order chi connectivity index (χ1) is 8.22. The van der Waals surface area contributed by atoms with E-state index in [9.17, 15) is 0 Å². The fraction of sp³-hybridized carbons (Fsp3) is 0. The Hall–Kier alpha value is -1.69. The quantitative estimate of drug-likeness (QED) is 0.801. The van der Waals surface area contributed by atoms with Gasteiger partial charge in [-0.1, -0.05) is 35.3 Å². The van der Waals surface area contributed by atoms with Crippen LogP contribution in [0.15, 0.2) is 36.4 Å². The molecule has 83 valence electrons. The van der Waals surface area contributed by atoms with E-state index in [0.717, 1.165) is 0 Å². The molecule has 0 aliphatic carbocycles. The largest absolute Gasteiger partial charge is 0.454 e. The van der Waals surface area contributed by atoms with E-state index in [1.54, 1.807) is 36.4 Å². The monoisotopic (exact) mass is 262 g/mol. The van der Waals surface area contributed by atoms with Crippen LogP contribution in [-0.2, 0) is 0 Å². The van der Waals surface area contributed by atoms with Crippen LogP contribution in [0.25, 0.3) is 0 Å². The summed E-state index contributed by atoms with van der Waals surface area (Å²) >= 11 is 11.9. The third-order valence-corrected chi connectivity index (χ3v) is 2.88. The van der Waals surface area contributed by atoms with Crippen molar-refractivity contribution in [3.8, 4) is 17.6 Å². The molecule has 0 saturated heterocycles. The Bertz CT molecular complexity index is 590. The molecule has 0 heterocycles. The molecule has 0 aliphatic rings. The van der Waals surface area contributed by atoms with Crippen LogP contribution in [0.4, 0.5) is 0 Å². The lowest BCUT2D eigenvalue weighted by Crippen LogP contribution is -1.88. The Morgan fingerprint density at radius 1 is 1.18 bits per heavy atom. The predicted molar refractivity (Wildman–Crippen MR) is 66.5 cm³/mol. The first kappa shape index (κ1) is 11.8. The molecule has 0 atom stereocenters. The van der Waals surface area contributed by atoms with Crippen LogP contribution >= 0.6 is 23.2 Å². The van der Waals surface area contributed by atoms with E-state index in [-0.39, 0.29) is 0 Å². The normalized spacial score (nSPS) is 9.71. The van der Waals surface area contributed by atoms with Gasteiger partial charge in [0.25, 0.3) is 0 Å². The number of ether oxygens (including phenoxy) is 1. The van der Waals surface area contributed by atoms with Gasteiger partial charge in [-0.05, 0) is 30.3 Å². The van der Waals surface area contributed by atoms with E-state index >= 15 is 0 Å². The van der Waals surface area contributed by atoms with Crippen molar-refractivity contribution in [3.63, 3.8) is 0 Å². The molecule has 1 radical (unpaired) electrons. The van der Waals surface area contributed by atoms with Gasteiger partial charge in [0.1, 0.15) is 22.6 Å². The fourth-order valence-corrected chi connectivity index (χ4v) is 1.60. The van der Waals surface area contributed by atoms with Gasteiger partial charge >= 0.3 is 0 Å². The summed E-state index contributed by atoms with van der Waals surface area (Å²) < 4.78 is 5.55. The molecular formula is C13H6Cl2NO. The first-order valence-corrected chi connectivity index (χ1v) is 5.50. The Morgan fingerprint density at radius 3 is 2.76 bits per heavy atom. The molecule has 0 fully saturated rings. The van der Waals surface area contributed by atoms with Gasteiger partial charge in [0.05, 0.1) is 10.6 Å². The SMILES string of the molecule is N#Cc1c[c]ccc1Oc1cccc(Cl)c1Cl. The number of nitriles is 1. The van der Waals surface area contributed by atoms with Crippen LogP contribution in [-0.4, -0.2) is 0 Å². The van der Waals surface area contributed by atoms with Gasteiger partial charge in [0.15, 0.2) is 0 Å². The zero-order chi connectivity index (χ0) is 12.3. The third kappa shape index (κ3) is 2.52. The molecular weight excluding hydrogens is 257 g/mol. The second-order valence-corrected chi connectivity index (χ2v) is 3.97. The van der Waals surface area contributed by atoms with Crippen molar-refractivity contribution in [2.75, 3.05) is 0 Å². The lowest BCUT2D eigenvalue weighted by molar-refractivity contribution is 0.481. The van der Waals surface area contributed by atoms with Crippen molar-refractivity contribution < 1.29 is 4.74 Å². The van der Waals surface area contributed by atoms with Crippen molar-refractivity contribution >= 4 is 23.2 Å². The van der Waals surface area contributed by atoms with E-state index in [1.807, 2.05) is 6.07 Å². The third-order valence-electron chi connectivity index (χ3n) is 2.08. The predicted octanol–water partition coefficient (Wildman–Crippen LogP) is 4.46. The van der Waals surface area contributed by atoms with Gasteiger partial charge in [0, 0.05) is 0 Å². The van der Waals surface area contributed by atoms with Crippen LogP contribution in [0.3, 0.4) is 0 Å². The number of nitrogens with zero attached hydrogens (tertiary/aromatic N) is 1. The van der Waals surface area contributed by atoms with Crippen LogP contribution in [0.5, 0.6) is 11.5 Å². The van der Waals surface area contributed by atoms with Gasteiger partial charge < -0.3 is 4.74 Å². The van der Waals surface area contributed by atoms with Crippen LogP contribution in [0.1, 0.15) is 5.56 Å². The number of rotatable bonds is 2. The van der Waals surface area contributed by atoms with Gasteiger partial charge in [0.2, 0.25) is 0 Å². The van der Waals surface area contributed by atoms with Crippen LogP contribution < -0.4 is 4.74 Å². The molecule has 2 rings (SSSR count). The number of hydrogen-bond acceptors (Lipinski definition) is 2. The molecule has 4 heteroatoms. The maximum absolute atomic E-state index is 8.91.